The third-order valence-electron chi connectivity index (χ3n) is 3.55. The number of ether oxygens (including phenoxy) is 2. The summed E-state index contributed by atoms with van der Waals surface area (Å²) in [4.78, 5) is 23.1. The number of amides is 1. The molecule has 2 aromatic carbocycles. The van der Waals surface area contributed by atoms with E-state index in [-0.39, 0.29) is 11.7 Å². The van der Waals surface area contributed by atoms with Crippen molar-refractivity contribution >= 4 is 17.6 Å². The summed E-state index contributed by atoms with van der Waals surface area (Å²) in [6.07, 6.45) is -2.56. The first kappa shape index (κ1) is 20.2. The summed E-state index contributed by atoms with van der Waals surface area (Å²) in [5, 5.41) is 11.4. The molecule has 0 saturated carbocycles. The van der Waals surface area contributed by atoms with Crippen molar-refractivity contribution in [2.45, 2.75) is 20.3 Å². The van der Waals surface area contributed by atoms with Gasteiger partial charge < -0.3 is 19.9 Å². The second-order valence-electron chi connectivity index (χ2n) is 5.80. The molecule has 0 aliphatic rings. The van der Waals surface area contributed by atoms with Gasteiger partial charge in [-0.25, -0.2) is 13.6 Å². The van der Waals surface area contributed by atoms with Crippen molar-refractivity contribution in [3.8, 4) is 11.5 Å². The van der Waals surface area contributed by atoms with Gasteiger partial charge >= 0.3 is 5.97 Å². The maximum atomic E-state index is 12.4. The van der Waals surface area contributed by atoms with E-state index in [1.807, 2.05) is 0 Å². The first-order valence-corrected chi connectivity index (χ1v) is 8.04. The Morgan fingerprint density at radius 1 is 1.07 bits per heavy atom. The maximum absolute atomic E-state index is 12.4. The Bertz CT molecular complexity index is 798. The number of benzene rings is 2. The SMILES string of the molecule is Cc1cc(C(=O)Nc2ccc(OCC(F)F)cc2)cc(C)c1OCC(=O)O. The van der Waals surface area contributed by atoms with E-state index in [1.165, 1.54) is 12.1 Å². The minimum atomic E-state index is -2.56. The number of hydrogen-bond acceptors (Lipinski definition) is 4. The molecule has 0 aliphatic heterocycles. The van der Waals surface area contributed by atoms with Crippen LogP contribution in [0, 0.1) is 13.8 Å². The van der Waals surface area contributed by atoms with Crippen LogP contribution in [0.25, 0.3) is 0 Å². The first-order chi connectivity index (χ1) is 12.8. The summed E-state index contributed by atoms with van der Waals surface area (Å²) in [6, 6.07) is 9.25. The standard InChI is InChI=1S/C19H19F2NO5/c1-11-7-13(8-12(2)18(11)27-10-17(23)24)19(25)22-14-3-5-15(6-4-14)26-9-16(20)21/h3-8,16H,9-10H2,1-2H3,(H,22,25)(H,23,24). The fourth-order valence-corrected chi connectivity index (χ4v) is 2.44. The number of anilines is 1. The average Bonchev–Trinajstić information content (AvgIpc) is 2.60. The van der Waals surface area contributed by atoms with Crippen LogP contribution in [-0.4, -0.2) is 36.6 Å². The van der Waals surface area contributed by atoms with Gasteiger partial charge in [-0.15, -0.1) is 0 Å². The number of halogens is 2. The largest absolute Gasteiger partial charge is 0.488 e. The fraction of sp³-hybridized carbons (Fsp3) is 0.263. The minimum absolute atomic E-state index is 0.278. The molecule has 2 N–H and O–H groups in total. The lowest BCUT2D eigenvalue weighted by atomic mass is 10.0. The van der Waals surface area contributed by atoms with Crippen LogP contribution in [0.2, 0.25) is 0 Å². The molecule has 2 rings (SSSR count). The Hall–Kier alpha value is -3.16. The molecule has 0 saturated heterocycles. The molecule has 0 fully saturated rings. The Morgan fingerprint density at radius 2 is 1.67 bits per heavy atom. The zero-order valence-corrected chi connectivity index (χ0v) is 14.8. The number of hydrogen-bond donors (Lipinski definition) is 2. The molecule has 0 radical (unpaired) electrons. The van der Waals surface area contributed by atoms with Crippen molar-refractivity contribution in [1.29, 1.82) is 0 Å². The number of nitrogens with one attached hydrogen (secondary N) is 1. The smallest absolute Gasteiger partial charge is 0.341 e. The van der Waals surface area contributed by atoms with E-state index in [9.17, 15) is 18.4 Å². The van der Waals surface area contributed by atoms with Crippen LogP contribution in [-0.2, 0) is 4.79 Å². The van der Waals surface area contributed by atoms with Crippen molar-refractivity contribution in [2.24, 2.45) is 0 Å². The number of carboxylic acids is 1. The molecular formula is C19H19F2NO5. The van der Waals surface area contributed by atoms with E-state index >= 15 is 0 Å². The van der Waals surface area contributed by atoms with Gasteiger partial charge in [0.2, 0.25) is 0 Å². The summed E-state index contributed by atoms with van der Waals surface area (Å²) >= 11 is 0. The molecule has 0 aromatic heterocycles. The van der Waals surface area contributed by atoms with Gasteiger partial charge in [0.15, 0.2) is 6.61 Å². The highest BCUT2D eigenvalue weighted by atomic mass is 19.3. The van der Waals surface area contributed by atoms with Gasteiger partial charge in [-0.2, -0.15) is 0 Å². The van der Waals surface area contributed by atoms with Gasteiger partial charge in [0.05, 0.1) is 0 Å². The lowest BCUT2D eigenvalue weighted by Crippen LogP contribution is -2.14. The van der Waals surface area contributed by atoms with Crippen molar-refractivity contribution in [2.75, 3.05) is 18.5 Å². The van der Waals surface area contributed by atoms with Gasteiger partial charge in [0, 0.05) is 11.3 Å². The third-order valence-corrected chi connectivity index (χ3v) is 3.55. The third kappa shape index (κ3) is 5.95. The second kappa shape index (κ2) is 8.98. The number of aliphatic carboxylic acids is 1. The zero-order valence-electron chi connectivity index (χ0n) is 14.8. The Kier molecular flexibility index (Phi) is 6.70. The van der Waals surface area contributed by atoms with Crippen LogP contribution in [0.1, 0.15) is 21.5 Å². The Balaban J connectivity index is 2.06. The van der Waals surface area contributed by atoms with Crippen molar-refractivity contribution < 1.29 is 33.0 Å². The molecule has 0 unspecified atom stereocenters. The Morgan fingerprint density at radius 3 is 2.19 bits per heavy atom. The van der Waals surface area contributed by atoms with E-state index in [2.05, 4.69) is 5.32 Å². The zero-order chi connectivity index (χ0) is 20.0. The van der Waals surface area contributed by atoms with Crippen LogP contribution in [0.3, 0.4) is 0 Å². The highest BCUT2D eigenvalue weighted by molar-refractivity contribution is 6.04. The molecule has 0 bridgehead atoms. The predicted octanol–water partition coefficient (Wildman–Crippen LogP) is 3.66. The topological polar surface area (TPSA) is 84.9 Å². The highest BCUT2D eigenvalue weighted by Crippen LogP contribution is 2.25. The molecule has 27 heavy (non-hydrogen) atoms. The van der Waals surface area contributed by atoms with Gasteiger partial charge in [-0.05, 0) is 61.4 Å². The number of carboxylic acid groups (broad SMARTS) is 1. The molecule has 144 valence electrons. The van der Waals surface area contributed by atoms with Gasteiger partial charge in [-0.3, -0.25) is 4.79 Å². The van der Waals surface area contributed by atoms with Crippen molar-refractivity contribution in [3.63, 3.8) is 0 Å². The lowest BCUT2D eigenvalue weighted by Gasteiger charge is -2.13. The summed E-state index contributed by atoms with van der Waals surface area (Å²) in [6.45, 7) is 2.28. The van der Waals surface area contributed by atoms with Crippen LogP contribution in [0.5, 0.6) is 11.5 Å². The molecule has 0 spiro atoms. The molecule has 1 amide bonds. The molecule has 6 nitrogen and oxygen atoms in total. The minimum Gasteiger partial charge on any atom is -0.488 e. The van der Waals surface area contributed by atoms with E-state index < -0.39 is 25.6 Å². The van der Waals surface area contributed by atoms with E-state index in [1.54, 1.807) is 38.1 Å². The van der Waals surface area contributed by atoms with Crippen molar-refractivity contribution in [1.82, 2.24) is 0 Å². The van der Waals surface area contributed by atoms with Crippen LogP contribution in [0.15, 0.2) is 36.4 Å². The average molecular weight is 379 g/mol. The lowest BCUT2D eigenvalue weighted by molar-refractivity contribution is -0.139. The molecule has 0 atom stereocenters. The van der Waals surface area contributed by atoms with Crippen LogP contribution >= 0.6 is 0 Å². The number of rotatable bonds is 8. The van der Waals surface area contributed by atoms with Crippen molar-refractivity contribution in [3.05, 3.63) is 53.1 Å². The summed E-state index contributed by atoms with van der Waals surface area (Å²) in [5.74, 6) is -0.752. The molecular weight excluding hydrogens is 360 g/mol. The quantitative estimate of drug-likeness (QED) is 0.731. The summed E-state index contributed by atoms with van der Waals surface area (Å²) in [7, 11) is 0. The summed E-state index contributed by atoms with van der Waals surface area (Å²) in [5.41, 5.74) is 2.13. The van der Waals surface area contributed by atoms with Crippen LogP contribution in [0.4, 0.5) is 14.5 Å². The monoisotopic (exact) mass is 379 g/mol. The summed E-state index contributed by atoms with van der Waals surface area (Å²) < 4.78 is 34.4. The molecule has 0 aliphatic carbocycles. The van der Waals surface area contributed by atoms with Gasteiger partial charge in [0.25, 0.3) is 12.3 Å². The maximum Gasteiger partial charge on any atom is 0.341 e. The number of carbonyl (C=O) groups excluding carboxylic acids is 1. The normalized spacial score (nSPS) is 10.6. The van der Waals surface area contributed by atoms with E-state index in [0.717, 1.165) is 0 Å². The predicted molar refractivity (Wildman–Crippen MR) is 94.9 cm³/mol. The molecule has 2 aromatic rings. The molecule has 0 heterocycles. The number of aryl methyl sites for hydroxylation is 2. The fourth-order valence-electron chi connectivity index (χ4n) is 2.44. The van der Waals surface area contributed by atoms with E-state index in [0.29, 0.717) is 28.1 Å². The first-order valence-electron chi connectivity index (χ1n) is 8.04. The van der Waals surface area contributed by atoms with Gasteiger partial charge in [-0.1, -0.05) is 0 Å². The Labute approximate surface area is 154 Å². The highest BCUT2D eigenvalue weighted by Gasteiger charge is 2.13. The van der Waals surface area contributed by atoms with Crippen LogP contribution < -0.4 is 14.8 Å². The number of alkyl halides is 2. The van der Waals surface area contributed by atoms with Gasteiger partial charge in [0.1, 0.15) is 18.1 Å². The second-order valence-corrected chi connectivity index (χ2v) is 5.80. The van der Waals surface area contributed by atoms with E-state index in [4.69, 9.17) is 14.6 Å². The number of carbonyl (C=O) groups is 2. The molecule has 8 heteroatoms.